The van der Waals surface area contributed by atoms with Crippen LogP contribution in [0, 0.1) is 20.8 Å². The van der Waals surface area contributed by atoms with E-state index in [0.29, 0.717) is 5.89 Å². The number of aliphatic imine (C=N–C) groups is 1. The minimum Gasteiger partial charge on any atom is -0.444 e. The zero-order valence-corrected chi connectivity index (χ0v) is 21.5. The average Bonchev–Trinajstić information content (AvgIpc) is 3.28. The summed E-state index contributed by atoms with van der Waals surface area (Å²) in [7, 11) is 3.77. The minimum atomic E-state index is 0. The van der Waals surface area contributed by atoms with Gasteiger partial charge in [0, 0.05) is 44.4 Å². The Bertz CT molecular complexity index is 1010. The number of rotatable bonds is 7. The molecule has 7 nitrogen and oxygen atoms in total. The molecule has 8 heteroatoms. The quantitative estimate of drug-likeness (QED) is 0.272. The van der Waals surface area contributed by atoms with Crippen molar-refractivity contribution >= 4 is 29.9 Å². The molecule has 0 bridgehead atoms. The van der Waals surface area contributed by atoms with Crippen LogP contribution in [0.4, 0.5) is 0 Å². The number of benzene rings is 1. The first-order valence-corrected chi connectivity index (χ1v) is 10.3. The van der Waals surface area contributed by atoms with Gasteiger partial charge < -0.3 is 15.1 Å². The normalized spacial score (nSPS) is 12.4. The summed E-state index contributed by atoms with van der Waals surface area (Å²) in [5.74, 6) is 1.44. The number of aryl methyl sites for hydroxylation is 3. The van der Waals surface area contributed by atoms with Gasteiger partial charge in [-0.15, -0.1) is 24.0 Å². The molecule has 0 spiro atoms. The van der Waals surface area contributed by atoms with E-state index in [0.717, 1.165) is 42.3 Å². The summed E-state index contributed by atoms with van der Waals surface area (Å²) < 4.78 is 7.57. The molecule has 0 saturated heterocycles. The van der Waals surface area contributed by atoms with Crippen molar-refractivity contribution < 1.29 is 4.42 Å². The van der Waals surface area contributed by atoms with Gasteiger partial charge in [-0.1, -0.05) is 17.7 Å². The molecule has 0 amide bonds. The van der Waals surface area contributed by atoms with Crippen molar-refractivity contribution in [3.05, 3.63) is 58.7 Å². The van der Waals surface area contributed by atoms with Gasteiger partial charge in [-0.25, -0.2) is 4.98 Å². The molecule has 1 aromatic carbocycles. The van der Waals surface area contributed by atoms with Gasteiger partial charge >= 0.3 is 0 Å². The Morgan fingerprint density at radius 3 is 2.52 bits per heavy atom. The number of aromatic nitrogens is 3. The first-order chi connectivity index (χ1) is 14.4. The summed E-state index contributed by atoms with van der Waals surface area (Å²) in [5, 5.41) is 11.3. The van der Waals surface area contributed by atoms with Crippen LogP contribution in [-0.4, -0.2) is 40.4 Å². The van der Waals surface area contributed by atoms with E-state index in [9.17, 15) is 0 Å². The molecule has 2 N–H and O–H groups in total. The predicted octanol–water partition coefficient (Wildman–Crippen LogP) is 3.96. The smallest absolute Gasteiger partial charge is 0.226 e. The Kier molecular flexibility index (Phi) is 9.09. The Hall–Kier alpha value is -2.36. The lowest BCUT2D eigenvalue weighted by Gasteiger charge is -2.18. The molecule has 2 aromatic heterocycles. The first kappa shape index (κ1) is 24.9. The van der Waals surface area contributed by atoms with Crippen LogP contribution in [0.5, 0.6) is 0 Å². The Morgan fingerprint density at radius 2 is 1.90 bits per heavy atom. The zero-order valence-electron chi connectivity index (χ0n) is 19.2. The van der Waals surface area contributed by atoms with Gasteiger partial charge in [-0.05, 0) is 51.8 Å². The van der Waals surface area contributed by atoms with Gasteiger partial charge in [-0.3, -0.25) is 9.67 Å². The van der Waals surface area contributed by atoms with E-state index in [-0.39, 0.29) is 30.0 Å². The van der Waals surface area contributed by atoms with E-state index in [1.54, 1.807) is 13.3 Å². The monoisotopic (exact) mass is 536 g/mol. The maximum absolute atomic E-state index is 5.64. The molecule has 31 heavy (non-hydrogen) atoms. The van der Waals surface area contributed by atoms with Crippen molar-refractivity contribution in [3.63, 3.8) is 0 Å². The van der Waals surface area contributed by atoms with Crippen LogP contribution in [-0.2, 0) is 19.9 Å². The summed E-state index contributed by atoms with van der Waals surface area (Å²) in [6.07, 6.45) is 3.38. The Morgan fingerprint density at radius 1 is 1.19 bits per heavy atom. The molecule has 0 radical (unpaired) electrons. The summed E-state index contributed by atoms with van der Waals surface area (Å²) in [6, 6.07) is 8.42. The van der Waals surface area contributed by atoms with Gasteiger partial charge in [0.05, 0.1) is 11.4 Å². The number of nitrogens with one attached hydrogen (secondary N) is 2. The highest BCUT2D eigenvalue weighted by molar-refractivity contribution is 14.0. The van der Waals surface area contributed by atoms with Gasteiger partial charge in [0.15, 0.2) is 5.96 Å². The maximum Gasteiger partial charge on any atom is 0.226 e. The van der Waals surface area contributed by atoms with E-state index in [1.165, 1.54) is 16.8 Å². The predicted molar refractivity (Wildman–Crippen MR) is 136 cm³/mol. The molecule has 168 valence electrons. The van der Waals surface area contributed by atoms with E-state index in [2.05, 4.69) is 65.5 Å². The second kappa shape index (κ2) is 11.3. The number of oxazole rings is 1. The topological polar surface area (TPSA) is 80.3 Å². The summed E-state index contributed by atoms with van der Waals surface area (Å²) >= 11 is 0. The fourth-order valence-electron chi connectivity index (χ4n) is 3.46. The van der Waals surface area contributed by atoms with Crippen molar-refractivity contribution in [1.82, 2.24) is 25.4 Å². The number of hydrogen-bond donors (Lipinski definition) is 2. The molecular formula is C23H33IN6O. The van der Waals surface area contributed by atoms with Crippen LogP contribution in [0.2, 0.25) is 0 Å². The van der Waals surface area contributed by atoms with Crippen molar-refractivity contribution in [1.29, 1.82) is 0 Å². The molecule has 0 aliphatic carbocycles. The van der Waals surface area contributed by atoms with Gasteiger partial charge in [-0.2, -0.15) is 5.10 Å². The summed E-state index contributed by atoms with van der Waals surface area (Å²) in [6.45, 7) is 9.11. The number of nitrogens with zero attached hydrogens (tertiary/aromatic N) is 4. The van der Waals surface area contributed by atoms with Crippen LogP contribution in [0.1, 0.15) is 35.1 Å². The molecule has 2 heterocycles. The molecular weight excluding hydrogens is 503 g/mol. The van der Waals surface area contributed by atoms with Crippen LogP contribution < -0.4 is 10.6 Å². The largest absolute Gasteiger partial charge is 0.444 e. The average molecular weight is 536 g/mol. The van der Waals surface area contributed by atoms with E-state index < -0.39 is 0 Å². The second-order valence-corrected chi connectivity index (χ2v) is 7.78. The molecule has 1 atom stereocenters. The highest BCUT2D eigenvalue weighted by atomic mass is 127. The molecule has 3 aromatic rings. The standard InChI is InChI=1S/C23H32N6O.HI/c1-15-7-9-19(10-8-15)22-27-20(14-30-22)11-12-25-23(24-5)26-16(2)13-21-17(3)28-29(6)18(21)4;/h7-10,14,16H,11-13H2,1-6H3,(H2,24,25,26);1H. The van der Waals surface area contributed by atoms with Gasteiger partial charge in [0.2, 0.25) is 5.89 Å². The van der Waals surface area contributed by atoms with Gasteiger partial charge in [0.25, 0.3) is 0 Å². The lowest BCUT2D eigenvalue weighted by molar-refractivity contribution is 0.572. The lowest BCUT2D eigenvalue weighted by Crippen LogP contribution is -2.43. The van der Waals surface area contributed by atoms with Gasteiger partial charge in [0.1, 0.15) is 6.26 Å². The van der Waals surface area contributed by atoms with E-state index >= 15 is 0 Å². The third-order valence-corrected chi connectivity index (χ3v) is 5.30. The lowest BCUT2D eigenvalue weighted by atomic mass is 10.1. The van der Waals surface area contributed by atoms with Crippen LogP contribution >= 0.6 is 24.0 Å². The Balaban J connectivity index is 0.00000341. The van der Waals surface area contributed by atoms with Crippen molar-refractivity contribution in [2.24, 2.45) is 12.0 Å². The third-order valence-electron chi connectivity index (χ3n) is 5.30. The fourth-order valence-corrected chi connectivity index (χ4v) is 3.46. The van der Waals surface area contributed by atoms with E-state index in [1.807, 2.05) is 23.9 Å². The second-order valence-electron chi connectivity index (χ2n) is 7.78. The highest BCUT2D eigenvalue weighted by Crippen LogP contribution is 2.19. The highest BCUT2D eigenvalue weighted by Gasteiger charge is 2.14. The van der Waals surface area contributed by atoms with E-state index in [4.69, 9.17) is 4.42 Å². The number of halogens is 1. The molecule has 1 unspecified atom stereocenters. The third kappa shape index (κ3) is 6.56. The SMILES string of the molecule is CN=C(NCCc1coc(-c2ccc(C)cc2)n1)NC(C)Cc1c(C)nn(C)c1C.I. The Labute approximate surface area is 201 Å². The molecule has 0 aliphatic heterocycles. The van der Waals surface area contributed by atoms with Crippen LogP contribution in [0.15, 0.2) is 39.9 Å². The van der Waals surface area contributed by atoms with Crippen LogP contribution in [0.25, 0.3) is 11.5 Å². The maximum atomic E-state index is 5.64. The molecule has 0 fully saturated rings. The summed E-state index contributed by atoms with van der Waals surface area (Å²) in [4.78, 5) is 8.94. The number of guanidine groups is 1. The molecule has 0 aliphatic rings. The number of hydrogen-bond acceptors (Lipinski definition) is 4. The first-order valence-electron chi connectivity index (χ1n) is 10.3. The van der Waals surface area contributed by atoms with Crippen molar-refractivity contribution in [2.75, 3.05) is 13.6 Å². The molecule has 0 saturated carbocycles. The minimum absolute atomic E-state index is 0. The molecule has 3 rings (SSSR count). The van der Waals surface area contributed by atoms with Crippen LogP contribution in [0.3, 0.4) is 0 Å². The fraction of sp³-hybridized carbons (Fsp3) is 0.435. The zero-order chi connectivity index (χ0) is 21.7. The van der Waals surface area contributed by atoms with Crippen molar-refractivity contribution in [2.45, 2.75) is 46.6 Å². The summed E-state index contributed by atoms with van der Waals surface area (Å²) in [5.41, 5.74) is 6.72. The van der Waals surface area contributed by atoms with Crippen molar-refractivity contribution in [3.8, 4) is 11.5 Å².